The Kier molecular flexibility index (Phi) is 4.96. The smallest absolute Gasteiger partial charge is 0.239 e. The molecule has 1 amide bonds. The van der Waals surface area contributed by atoms with Crippen molar-refractivity contribution >= 4 is 17.2 Å². The van der Waals surface area contributed by atoms with Crippen LogP contribution in [0.1, 0.15) is 23.6 Å². The van der Waals surface area contributed by atoms with Crippen LogP contribution in [0.3, 0.4) is 0 Å². The molecule has 1 heterocycles. The fraction of sp³-hybridized carbons (Fsp3) is 0.583. The van der Waals surface area contributed by atoms with E-state index in [1.165, 1.54) is 9.75 Å². The van der Waals surface area contributed by atoms with E-state index in [1.807, 2.05) is 20.9 Å². The van der Waals surface area contributed by atoms with Crippen LogP contribution in [0.2, 0.25) is 0 Å². The minimum Gasteiger partial charge on any atom is -0.345 e. The number of carbonyl (C=O) groups is 1. The molecule has 1 unspecified atom stereocenters. The standard InChI is InChI=1S/C12H20N2OS/c1-5-14(4)12(15)10(3)13-8-11-7-6-9(2)16-11/h6-7,10,13H,5,8H2,1-4H3. The van der Waals surface area contributed by atoms with E-state index in [9.17, 15) is 4.79 Å². The largest absolute Gasteiger partial charge is 0.345 e. The van der Waals surface area contributed by atoms with Crippen molar-refractivity contribution in [3.63, 3.8) is 0 Å². The summed E-state index contributed by atoms with van der Waals surface area (Å²) in [7, 11) is 1.83. The number of nitrogens with zero attached hydrogens (tertiary/aromatic N) is 1. The van der Waals surface area contributed by atoms with Crippen LogP contribution in [0.4, 0.5) is 0 Å². The van der Waals surface area contributed by atoms with Gasteiger partial charge in [-0.2, -0.15) is 0 Å². The molecular formula is C12H20N2OS. The molecule has 0 aliphatic heterocycles. The summed E-state index contributed by atoms with van der Waals surface area (Å²) in [5.74, 6) is 0.149. The number of thiophene rings is 1. The third-order valence-corrected chi connectivity index (χ3v) is 3.60. The second-order valence-electron chi connectivity index (χ2n) is 3.97. The van der Waals surface area contributed by atoms with Crippen molar-refractivity contribution < 1.29 is 4.79 Å². The molecule has 16 heavy (non-hydrogen) atoms. The molecule has 0 aliphatic carbocycles. The Labute approximate surface area is 101 Å². The van der Waals surface area contributed by atoms with E-state index in [2.05, 4.69) is 24.4 Å². The molecule has 0 aliphatic rings. The van der Waals surface area contributed by atoms with Gasteiger partial charge >= 0.3 is 0 Å². The average molecular weight is 240 g/mol. The van der Waals surface area contributed by atoms with E-state index >= 15 is 0 Å². The molecule has 1 aromatic heterocycles. The number of likely N-dealkylation sites (N-methyl/N-ethyl adjacent to an activating group) is 1. The highest BCUT2D eigenvalue weighted by Crippen LogP contribution is 2.14. The van der Waals surface area contributed by atoms with Crippen molar-refractivity contribution in [2.45, 2.75) is 33.4 Å². The minimum absolute atomic E-state index is 0.118. The Hall–Kier alpha value is -0.870. The van der Waals surface area contributed by atoms with Crippen molar-refractivity contribution in [3.8, 4) is 0 Å². The molecule has 90 valence electrons. The maximum Gasteiger partial charge on any atom is 0.239 e. The van der Waals surface area contributed by atoms with Crippen molar-refractivity contribution in [1.82, 2.24) is 10.2 Å². The van der Waals surface area contributed by atoms with Gasteiger partial charge in [-0.15, -0.1) is 11.3 Å². The SMILES string of the molecule is CCN(C)C(=O)C(C)NCc1ccc(C)s1. The van der Waals surface area contributed by atoms with E-state index in [-0.39, 0.29) is 11.9 Å². The number of rotatable bonds is 5. The predicted octanol–water partition coefficient (Wildman–Crippen LogP) is 2.01. The first-order valence-electron chi connectivity index (χ1n) is 5.58. The van der Waals surface area contributed by atoms with Crippen LogP contribution in [0, 0.1) is 6.92 Å². The lowest BCUT2D eigenvalue weighted by molar-refractivity contribution is -0.131. The number of hydrogen-bond donors (Lipinski definition) is 1. The predicted molar refractivity (Wildman–Crippen MR) is 68.7 cm³/mol. The summed E-state index contributed by atoms with van der Waals surface area (Å²) in [5, 5.41) is 3.25. The zero-order valence-corrected chi connectivity index (χ0v) is 11.2. The molecule has 0 spiro atoms. The lowest BCUT2D eigenvalue weighted by atomic mass is 10.3. The highest BCUT2D eigenvalue weighted by atomic mass is 32.1. The second-order valence-corrected chi connectivity index (χ2v) is 5.34. The van der Waals surface area contributed by atoms with Crippen LogP contribution >= 0.6 is 11.3 Å². The van der Waals surface area contributed by atoms with Crippen LogP contribution in [0.5, 0.6) is 0 Å². The monoisotopic (exact) mass is 240 g/mol. The lowest BCUT2D eigenvalue weighted by Crippen LogP contribution is -2.42. The lowest BCUT2D eigenvalue weighted by Gasteiger charge is -2.20. The van der Waals surface area contributed by atoms with E-state index in [1.54, 1.807) is 16.2 Å². The number of aryl methyl sites for hydroxylation is 1. The van der Waals surface area contributed by atoms with Gasteiger partial charge in [0, 0.05) is 29.9 Å². The molecule has 0 aromatic carbocycles. The van der Waals surface area contributed by atoms with Crippen molar-refractivity contribution in [3.05, 3.63) is 21.9 Å². The summed E-state index contributed by atoms with van der Waals surface area (Å²) >= 11 is 1.77. The van der Waals surface area contributed by atoms with Crippen molar-refractivity contribution in [2.75, 3.05) is 13.6 Å². The molecule has 0 saturated carbocycles. The van der Waals surface area contributed by atoms with Gasteiger partial charge in [-0.05, 0) is 32.9 Å². The van der Waals surface area contributed by atoms with Gasteiger partial charge < -0.3 is 10.2 Å². The van der Waals surface area contributed by atoms with Crippen LogP contribution in [-0.2, 0) is 11.3 Å². The Morgan fingerprint density at radius 3 is 2.75 bits per heavy atom. The maximum atomic E-state index is 11.8. The average Bonchev–Trinajstić information content (AvgIpc) is 2.69. The van der Waals surface area contributed by atoms with Crippen molar-refractivity contribution in [1.29, 1.82) is 0 Å². The Bertz CT molecular complexity index is 349. The summed E-state index contributed by atoms with van der Waals surface area (Å²) in [6, 6.07) is 4.09. The fourth-order valence-corrected chi connectivity index (χ4v) is 2.25. The Morgan fingerprint density at radius 2 is 2.25 bits per heavy atom. The van der Waals surface area contributed by atoms with Crippen LogP contribution in [0.15, 0.2) is 12.1 Å². The topological polar surface area (TPSA) is 32.3 Å². The molecule has 0 fully saturated rings. The zero-order chi connectivity index (χ0) is 12.1. The Morgan fingerprint density at radius 1 is 1.56 bits per heavy atom. The number of nitrogens with one attached hydrogen (secondary N) is 1. The Balaban J connectivity index is 2.40. The van der Waals surface area contributed by atoms with Gasteiger partial charge in [0.25, 0.3) is 0 Å². The van der Waals surface area contributed by atoms with E-state index in [0.717, 1.165) is 13.1 Å². The highest BCUT2D eigenvalue weighted by Gasteiger charge is 2.15. The zero-order valence-electron chi connectivity index (χ0n) is 10.4. The van der Waals surface area contributed by atoms with Gasteiger partial charge in [-0.3, -0.25) is 4.79 Å². The van der Waals surface area contributed by atoms with E-state index in [0.29, 0.717) is 0 Å². The molecule has 1 rings (SSSR count). The number of amides is 1. The molecule has 0 radical (unpaired) electrons. The summed E-state index contributed by atoms with van der Waals surface area (Å²) in [5.41, 5.74) is 0. The number of hydrogen-bond acceptors (Lipinski definition) is 3. The maximum absolute atomic E-state index is 11.8. The molecular weight excluding hydrogens is 220 g/mol. The van der Waals surface area contributed by atoms with E-state index in [4.69, 9.17) is 0 Å². The molecule has 0 saturated heterocycles. The minimum atomic E-state index is -0.118. The summed E-state index contributed by atoms with van der Waals surface area (Å²) < 4.78 is 0. The third kappa shape index (κ3) is 3.61. The second kappa shape index (κ2) is 6.01. The van der Waals surface area contributed by atoms with Crippen LogP contribution < -0.4 is 5.32 Å². The first kappa shape index (κ1) is 13.2. The third-order valence-electron chi connectivity index (χ3n) is 2.60. The molecule has 1 aromatic rings. The molecule has 0 bridgehead atoms. The van der Waals surface area contributed by atoms with Crippen molar-refractivity contribution in [2.24, 2.45) is 0 Å². The van der Waals surface area contributed by atoms with Crippen LogP contribution in [-0.4, -0.2) is 30.4 Å². The first-order chi connectivity index (χ1) is 7.54. The molecule has 3 nitrogen and oxygen atoms in total. The summed E-state index contributed by atoms with van der Waals surface area (Å²) in [4.78, 5) is 16.1. The molecule has 1 atom stereocenters. The quantitative estimate of drug-likeness (QED) is 0.854. The van der Waals surface area contributed by atoms with Gasteiger partial charge in [0.2, 0.25) is 5.91 Å². The fourth-order valence-electron chi connectivity index (χ4n) is 1.41. The first-order valence-corrected chi connectivity index (χ1v) is 6.40. The molecule has 1 N–H and O–H groups in total. The number of carbonyl (C=O) groups excluding carboxylic acids is 1. The van der Waals surface area contributed by atoms with Gasteiger partial charge in [0.15, 0.2) is 0 Å². The normalized spacial score (nSPS) is 12.5. The van der Waals surface area contributed by atoms with Gasteiger partial charge in [0.1, 0.15) is 0 Å². The summed E-state index contributed by atoms with van der Waals surface area (Å²) in [6.45, 7) is 7.50. The molecule has 4 heteroatoms. The van der Waals surface area contributed by atoms with Gasteiger partial charge in [-0.1, -0.05) is 0 Å². The van der Waals surface area contributed by atoms with E-state index < -0.39 is 0 Å². The summed E-state index contributed by atoms with van der Waals surface area (Å²) in [6.07, 6.45) is 0. The van der Waals surface area contributed by atoms with Crippen LogP contribution in [0.25, 0.3) is 0 Å². The van der Waals surface area contributed by atoms with Gasteiger partial charge in [0.05, 0.1) is 6.04 Å². The van der Waals surface area contributed by atoms with Gasteiger partial charge in [-0.25, -0.2) is 0 Å². The highest BCUT2D eigenvalue weighted by molar-refractivity contribution is 7.11.